The average Bonchev–Trinajstić information content (AvgIpc) is 2.58. The monoisotopic (exact) mass is 380 g/mol. The number of carbonyl (C=O) groups excluding carboxylic acids is 2. The van der Waals surface area contributed by atoms with Crippen LogP contribution in [0.1, 0.15) is 6.92 Å². The highest BCUT2D eigenvalue weighted by atomic mass is 16.7. The molecule has 2 rings (SSSR count). The number of carboxylic acid groups (broad SMARTS) is 2. The first-order chi connectivity index (χ1) is 12.1. The van der Waals surface area contributed by atoms with E-state index in [2.05, 4.69) is 0 Å². The Morgan fingerprint density at radius 2 is 1.35 bits per heavy atom. The Balaban J connectivity index is 2.23. The van der Waals surface area contributed by atoms with Gasteiger partial charge in [0.25, 0.3) is 0 Å². The third kappa shape index (κ3) is 3.82. The van der Waals surface area contributed by atoms with Crippen LogP contribution in [0.3, 0.4) is 0 Å². The lowest BCUT2D eigenvalue weighted by molar-refractivity contribution is -0.371. The minimum absolute atomic E-state index is 1.07. The van der Waals surface area contributed by atoms with E-state index in [1.807, 2.05) is 0 Å². The van der Waals surface area contributed by atoms with E-state index in [-0.39, 0.29) is 0 Å². The van der Waals surface area contributed by atoms with E-state index in [0.717, 1.165) is 7.11 Å². The van der Waals surface area contributed by atoms with Crippen LogP contribution in [0.5, 0.6) is 0 Å². The van der Waals surface area contributed by atoms with Gasteiger partial charge in [0.1, 0.15) is 48.8 Å². The lowest BCUT2D eigenvalue weighted by Gasteiger charge is -2.47. The average molecular weight is 380 g/mol. The van der Waals surface area contributed by atoms with E-state index >= 15 is 0 Å². The third-order valence-electron chi connectivity index (χ3n) is 4.40. The Bertz CT molecular complexity index is 526. The molecule has 2 saturated heterocycles. The topological polar surface area (TPSA) is 198 Å². The summed E-state index contributed by atoms with van der Waals surface area (Å²) in [4.78, 5) is 22.4. The molecule has 150 valence electrons. The summed E-state index contributed by atoms with van der Waals surface area (Å²) in [6.45, 7) is 1.31. The molecule has 2 heterocycles. The minimum atomic E-state index is -1.88. The van der Waals surface area contributed by atoms with Crippen molar-refractivity contribution in [1.29, 1.82) is 0 Å². The molecule has 10 atom stereocenters. The number of hydrogen-bond acceptors (Lipinski definition) is 12. The Morgan fingerprint density at radius 3 is 1.85 bits per heavy atom. The number of methoxy groups -OCH3 is 1. The van der Waals surface area contributed by atoms with E-state index in [9.17, 15) is 40.2 Å². The lowest BCUT2D eigenvalue weighted by atomic mass is 9.94. The Hall–Kier alpha value is -1.38. The highest BCUT2D eigenvalue weighted by Gasteiger charge is 2.50. The summed E-state index contributed by atoms with van der Waals surface area (Å²) in [5.41, 5.74) is 0. The highest BCUT2D eigenvalue weighted by molar-refractivity contribution is 5.71. The summed E-state index contributed by atoms with van der Waals surface area (Å²) in [7, 11) is 1.07. The molecule has 12 nitrogen and oxygen atoms in total. The molecule has 4 N–H and O–H groups in total. The highest BCUT2D eigenvalue weighted by Crippen LogP contribution is 2.29. The van der Waals surface area contributed by atoms with Crippen molar-refractivity contribution in [3.05, 3.63) is 0 Å². The summed E-state index contributed by atoms with van der Waals surface area (Å²) in [5, 5.41) is 62.4. The van der Waals surface area contributed by atoms with Gasteiger partial charge in [-0.2, -0.15) is 0 Å². The number of aliphatic carboxylic acids is 2. The molecule has 12 heteroatoms. The van der Waals surface area contributed by atoms with Crippen LogP contribution in [-0.2, 0) is 28.5 Å². The molecule has 0 saturated carbocycles. The molecule has 2 aliphatic rings. The second-order valence-electron chi connectivity index (χ2n) is 6.09. The maximum atomic E-state index is 11.2. The Morgan fingerprint density at radius 1 is 0.846 bits per heavy atom. The SMILES string of the molecule is CO[C@@H]1C(C(=O)[O-])O[C@@H](O[C@@H]2C(C(=O)[O-])O[C@@H](C)C(O)[C@H]2O)C(O)[C@H]1O. The summed E-state index contributed by atoms with van der Waals surface area (Å²) in [5.74, 6) is -3.55. The number of carboxylic acids is 2. The first-order valence-electron chi connectivity index (χ1n) is 7.73. The van der Waals surface area contributed by atoms with Crippen molar-refractivity contribution in [3.8, 4) is 0 Å². The van der Waals surface area contributed by atoms with Gasteiger partial charge < -0.3 is 59.2 Å². The molecule has 0 aromatic rings. The zero-order valence-corrected chi connectivity index (χ0v) is 13.8. The van der Waals surface area contributed by atoms with Crippen molar-refractivity contribution in [2.24, 2.45) is 0 Å². The van der Waals surface area contributed by atoms with Gasteiger partial charge in [-0.05, 0) is 6.92 Å². The third-order valence-corrected chi connectivity index (χ3v) is 4.40. The van der Waals surface area contributed by atoms with Crippen molar-refractivity contribution >= 4 is 11.9 Å². The summed E-state index contributed by atoms with van der Waals surface area (Å²) >= 11 is 0. The largest absolute Gasteiger partial charge is 0.547 e. The van der Waals surface area contributed by atoms with Gasteiger partial charge in [-0.1, -0.05) is 0 Å². The number of rotatable bonds is 5. The molecule has 2 aliphatic heterocycles. The van der Waals surface area contributed by atoms with E-state index in [0.29, 0.717) is 0 Å². The fraction of sp³-hybridized carbons (Fsp3) is 0.857. The first-order valence-corrected chi connectivity index (χ1v) is 7.73. The number of aliphatic hydroxyl groups excluding tert-OH is 4. The quantitative estimate of drug-likeness (QED) is 0.352. The van der Waals surface area contributed by atoms with Crippen LogP contribution >= 0.6 is 0 Å². The van der Waals surface area contributed by atoms with Gasteiger partial charge in [-0.15, -0.1) is 0 Å². The standard InChI is InChI=1S/C14H22O12/c1-3-4(15)5(16)9(11(24-3)13(21)22)25-14-7(18)6(17)8(23-2)10(26-14)12(19)20/h3-11,14-18H,1-2H3,(H,19,20)(H,21,22)/p-2/t3-,4?,5+,6+,7?,8-,9-,10?,11?,14+/m0/s1. The molecule has 0 radical (unpaired) electrons. The first kappa shape index (κ1) is 20.9. The van der Waals surface area contributed by atoms with Crippen molar-refractivity contribution in [3.63, 3.8) is 0 Å². The molecule has 0 bridgehead atoms. The van der Waals surface area contributed by atoms with Gasteiger partial charge in [0.05, 0.1) is 18.0 Å². The Labute approximate surface area is 147 Å². The lowest BCUT2D eigenvalue weighted by Crippen LogP contribution is -2.67. The van der Waals surface area contributed by atoms with Crippen molar-refractivity contribution in [2.75, 3.05) is 7.11 Å². The van der Waals surface area contributed by atoms with Gasteiger partial charge in [-0.25, -0.2) is 0 Å². The molecule has 2 fully saturated rings. The zero-order chi connectivity index (χ0) is 19.8. The van der Waals surface area contributed by atoms with Crippen molar-refractivity contribution < 1.29 is 59.2 Å². The van der Waals surface area contributed by atoms with Gasteiger partial charge in [-0.3, -0.25) is 0 Å². The van der Waals surface area contributed by atoms with E-state index in [1.165, 1.54) is 6.92 Å². The zero-order valence-electron chi connectivity index (χ0n) is 13.8. The molecule has 0 aromatic carbocycles. The molecule has 0 aliphatic carbocycles. The minimum Gasteiger partial charge on any atom is -0.547 e. The fourth-order valence-electron chi connectivity index (χ4n) is 2.94. The molecular formula is C14H20O12-2. The van der Waals surface area contributed by atoms with Gasteiger partial charge in [0.15, 0.2) is 6.29 Å². The summed E-state index contributed by atoms with van der Waals surface area (Å²) in [6.07, 6.45) is -16.9. The second kappa shape index (κ2) is 8.10. The number of ether oxygens (including phenoxy) is 4. The summed E-state index contributed by atoms with van der Waals surface area (Å²) in [6, 6.07) is 0. The van der Waals surface area contributed by atoms with E-state index in [4.69, 9.17) is 18.9 Å². The van der Waals surface area contributed by atoms with Crippen LogP contribution in [-0.4, -0.2) is 101 Å². The van der Waals surface area contributed by atoms with Crippen LogP contribution in [0, 0.1) is 0 Å². The van der Waals surface area contributed by atoms with Crippen molar-refractivity contribution in [1.82, 2.24) is 0 Å². The van der Waals surface area contributed by atoms with Gasteiger partial charge in [0.2, 0.25) is 0 Å². The molecule has 0 spiro atoms. The van der Waals surface area contributed by atoms with E-state index in [1.54, 1.807) is 0 Å². The van der Waals surface area contributed by atoms with Gasteiger partial charge in [0, 0.05) is 7.11 Å². The van der Waals surface area contributed by atoms with Crippen LogP contribution < -0.4 is 10.2 Å². The smallest absolute Gasteiger partial charge is 0.187 e. The van der Waals surface area contributed by atoms with Gasteiger partial charge >= 0.3 is 0 Å². The van der Waals surface area contributed by atoms with E-state index < -0.39 is 73.2 Å². The predicted octanol–water partition coefficient (Wildman–Crippen LogP) is -6.16. The maximum absolute atomic E-state index is 11.2. The Kier molecular flexibility index (Phi) is 6.52. The molecule has 0 aromatic heterocycles. The molecule has 26 heavy (non-hydrogen) atoms. The molecule has 0 amide bonds. The normalized spacial score (nSPS) is 46.7. The predicted molar refractivity (Wildman–Crippen MR) is 72.7 cm³/mol. The molecule has 4 unspecified atom stereocenters. The van der Waals surface area contributed by atoms with Crippen LogP contribution in [0.4, 0.5) is 0 Å². The van der Waals surface area contributed by atoms with Crippen LogP contribution in [0.2, 0.25) is 0 Å². The number of aliphatic hydroxyl groups is 4. The van der Waals surface area contributed by atoms with Crippen molar-refractivity contribution in [2.45, 2.75) is 68.1 Å². The van der Waals surface area contributed by atoms with Crippen LogP contribution in [0.15, 0.2) is 0 Å². The van der Waals surface area contributed by atoms with Crippen LogP contribution in [0.25, 0.3) is 0 Å². The fourth-order valence-corrected chi connectivity index (χ4v) is 2.94. The second-order valence-corrected chi connectivity index (χ2v) is 6.09. The maximum Gasteiger partial charge on any atom is 0.187 e. The number of hydrogen-bond donors (Lipinski definition) is 4. The summed E-state index contributed by atoms with van der Waals surface area (Å²) < 4.78 is 19.9. The number of carbonyl (C=O) groups is 2. The molecular weight excluding hydrogens is 360 g/mol.